The standard InChI is InChI=1S/C9H8Cl2OS/c1-2-5-13(12)7-3-4-8(10)9(11)6-7/h2-4,6H,1,5H2. The van der Waals surface area contributed by atoms with Gasteiger partial charge in [-0.1, -0.05) is 29.3 Å². The molecule has 0 aliphatic carbocycles. The minimum absolute atomic E-state index is 0.427. The smallest absolute Gasteiger partial charge is 0.0604 e. The van der Waals surface area contributed by atoms with E-state index in [2.05, 4.69) is 6.58 Å². The summed E-state index contributed by atoms with van der Waals surface area (Å²) in [7, 11) is -1.06. The summed E-state index contributed by atoms with van der Waals surface area (Å²) in [5.41, 5.74) is 0. The van der Waals surface area contributed by atoms with E-state index < -0.39 is 10.8 Å². The molecule has 70 valence electrons. The van der Waals surface area contributed by atoms with E-state index in [4.69, 9.17) is 23.2 Å². The van der Waals surface area contributed by atoms with Gasteiger partial charge >= 0.3 is 0 Å². The highest BCUT2D eigenvalue weighted by Crippen LogP contribution is 2.24. The van der Waals surface area contributed by atoms with Gasteiger partial charge in [-0.15, -0.1) is 6.58 Å². The van der Waals surface area contributed by atoms with Crippen LogP contribution in [0.3, 0.4) is 0 Å². The fourth-order valence-electron chi connectivity index (χ4n) is 0.822. The molecule has 0 aliphatic rings. The second kappa shape index (κ2) is 4.80. The Balaban J connectivity index is 2.96. The lowest BCUT2D eigenvalue weighted by Crippen LogP contribution is -1.94. The Morgan fingerprint density at radius 1 is 1.38 bits per heavy atom. The summed E-state index contributed by atoms with van der Waals surface area (Å²) < 4.78 is 11.4. The maximum atomic E-state index is 11.4. The van der Waals surface area contributed by atoms with Gasteiger partial charge in [-0.05, 0) is 18.2 Å². The van der Waals surface area contributed by atoms with Crippen molar-refractivity contribution < 1.29 is 4.21 Å². The molecule has 0 aliphatic heterocycles. The van der Waals surface area contributed by atoms with Gasteiger partial charge in [0.2, 0.25) is 0 Å². The van der Waals surface area contributed by atoms with Gasteiger partial charge in [0.05, 0.1) is 20.8 Å². The van der Waals surface area contributed by atoms with E-state index in [1.807, 2.05) is 0 Å². The van der Waals surface area contributed by atoms with Crippen LogP contribution in [0.15, 0.2) is 35.7 Å². The van der Waals surface area contributed by atoms with Gasteiger partial charge in [-0.3, -0.25) is 4.21 Å². The van der Waals surface area contributed by atoms with Gasteiger partial charge < -0.3 is 0 Å². The predicted molar refractivity (Wildman–Crippen MR) is 57.9 cm³/mol. The highest BCUT2D eigenvalue weighted by molar-refractivity contribution is 7.85. The van der Waals surface area contributed by atoms with Crippen molar-refractivity contribution in [2.24, 2.45) is 0 Å². The molecule has 1 atom stereocenters. The third-order valence-electron chi connectivity index (χ3n) is 1.42. The quantitative estimate of drug-likeness (QED) is 0.734. The van der Waals surface area contributed by atoms with Crippen molar-refractivity contribution in [1.29, 1.82) is 0 Å². The lowest BCUT2D eigenvalue weighted by atomic mass is 10.4. The normalized spacial score (nSPS) is 12.5. The maximum absolute atomic E-state index is 11.4. The first-order valence-electron chi connectivity index (χ1n) is 3.59. The van der Waals surface area contributed by atoms with Gasteiger partial charge in [-0.2, -0.15) is 0 Å². The molecule has 0 amide bonds. The Morgan fingerprint density at radius 2 is 2.08 bits per heavy atom. The van der Waals surface area contributed by atoms with Crippen LogP contribution in [0, 0.1) is 0 Å². The molecule has 1 nitrogen and oxygen atoms in total. The molecule has 0 radical (unpaired) electrons. The molecule has 1 aromatic rings. The average Bonchev–Trinajstić information content (AvgIpc) is 2.10. The summed E-state index contributed by atoms with van der Waals surface area (Å²) in [6, 6.07) is 4.96. The van der Waals surface area contributed by atoms with E-state index in [1.54, 1.807) is 24.3 Å². The van der Waals surface area contributed by atoms with Crippen LogP contribution >= 0.6 is 23.2 Å². The molecular formula is C9H8Cl2OS. The molecule has 0 heterocycles. The van der Waals surface area contributed by atoms with Gasteiger partial charge in [0.15, 0.2) is 0 Å². The average molecular weight is 235 g/mol. The van der Waals surface area contributed by atoms with E-state index in [0.29, 0.717) is 20.7 Å². The molecule has 0 bridgehead atoms. The lowest BCUT2D eigenvalue weighted by Gasteiger charge is -2.00. The number of rotatable bonds is 3. The largest absolute Gasteiger partial charge is 0.254 e. The fourth-order valence-corrected chi connectivity index (χ4v) is 2.06. The number of halogens is 2. The van der Waals surface area contributed by atoms with Crippen molar-refractivity contribution in [3.63, 3.8) is 0 Å². The number of benzene rings is 1. The predicted octanol–water partition coefficient (Wildman–Crippen LogP) is 3.29. The van der Waals surface area contributed by atoms with Crippen LogP contribution in [0.25, 0.3) is 0 Å². The minimum Gasteiger partial charge on any atom is -0.254 e. The summed E-state index contributed by atoms with van der Waals surface area (Å²) in [6.07, 6.45) is 1.61. The topological polar surface area (TPSA) is 17.1 Å². The van der Waals surface area contributed by atoms with Crippen molar-refractivity contribution >= 4 is 34.0 Å². The molecule has 1 aromatic carbocycles. The van der Waals surface area contributed by atoms with Crippen LogP contribution in [0.1, 0.15) is 0 Å². The Hall–Kier alpha value is -0.310. The molecule has 13 heavy (non-hydrogen) atoms. The zero-order valence-electron chi connectivity index (χ0n) is 6.80. The molecule has 0 aromatic heterocycles. The minimum atomic E-state index is -1.06. The molecule has 0 fully saturated rings. The van der Waals surface area contributed by atoms with Gasteiger partial charge in [-0.25, -0.2) is 0 Å². The molecule has 0 spiro atoms. The van der Waals surface area contributed by atoms with Gasteiger partial charge in [0, 0.05) is 10.6 Å². The number of hydrogen-bond donors (Lipinski definition) is 0. The van der Waals surface area contributed by atoms with Crippen LogP contribution in [0.5, 0.6) is 0 Å². The zero-order valence-corrected chi connectivity index (χ0v) is 9.12. The van der Waals surface area contributed by atoms with E-state index in [1.165, 1.54) is 0 Å². The monoisotopic (exact) mass is 234 g/mol. The van der Waals surface area contributed by atoms with Crippen LogP contribution in [-0.2, 0) is 10.8 Å². The summed E-state index contributed by atoms with van der Waals surface area (Å²) >= 11 is 11.5. The second-order valence-corrected chi connectivity index (χ2v) is 4.69. The van der Waals surface area contributed by atoms with E-state index in [9.17, 15) is 4.21 Å². The molecular weight excluding hydrogens is 227 g/mol. The summed E-state index contributed by atoms with van der Waals surface area (Å²) in [6.45, 7) is 3.51. The second-order valence-electron chi connectivity index (χ2n) is 2.38. The molecule has 4 heteroatoms. The van der Waals surface area contributed by atoms with Gasteiger partial charge in [0.25, 0.3) is 0 Å². The summed E-state index contributed by atoms with van der Waals surface area (Å²) in [4.78, 5) is 0.675. The maximum Gasteiger partial charge on any atom is 0.0604 e. The first-order chi connectivity index (χ1) is 6.15. The van der Waals surface area contributed by atoms with Crippen molar-refractivity contribution in [2.75, 3.05) is 5.75 Å². The van der Waals surface area contributed by atoms with Crippen molar-refractivity contribution in [3.05, 3.63) is 40.9 Å². The molecule has 0 N–H and O–H groups in total. The lowest BCUT2D eigenvalue weighted by molar-refractivity contribution is 0.685. The third-order valence-corrected chi connectivity index (χ3v) is 3.48. The van der Waals surface area contributed by atoms with Crippen molar-refractivity contribution in [1.82, 2.24) is 0 Å². The van der Waals surface area contributed by atoms with E-state index >= 15 is 0 Å². The SMILES string of the molecule is C=CCS(=O)c1ccc(Cl)c(Cl)c1. The molecule has 1 rings (SSSR count). The van der Waals surface area contributed by atoms with Crippen LogP contribution in [0.4, 0.5) is 0 Å². The Bertz CT molecular complexity index is 349. The first-order valence-corrected chi connectivity index (χ1v) is 5.67. The van der Waals surface area contributed by atoms with E-state index in [-0.39, 0.29) is 0 Å². The summed E-state index contributed by atoms with van der Waals surface area (Å²) in [5, 5.41) is 0.901. The van der Waals surface area contributed by atoms with Gasteiger partial charge in [0.1, 0.15) is 0 Å². The highest BCUT2D eigenvalue weighted by Gasteiger charge is 2.04. The van der Waals surface area contributed by atoms with E-state index in [0.717, 1.165) is 0 Å². The van der Waals surface area contributed by atoms with Crippen molar-refractivity contribution in [3.8, 4) is 0 Å². The van der Waals surface area contributed by atoms with Crippen LogP contribution < -0.4 is 0 Å². The van der Waals surface area contributed by atoms with Crippen LogP contribution in [0.2, 0.25) is 10.0 Å². The van der Waals surface area contributed by atoms with Crippen LogP contribution in [-0.4, -0.2) is 9.96 Å². The summed E-state index contributed by atoms with van der Waals surface area (Å²) in [5.74, 6) is 0.429. The molecule has 0 saturated carbocycles. The Morgan fingerprint density at radius 3 is 2.62 bits per heavy atom. The number of hydrogen-bond acceptors (Lipinski definition) is 1. The Labute approximate surface area is 89.8 Å². The third kappa shape index (κ3) is 2.83. The fraction of sp³-hybridized carbons (Fsp3) is 0.111. The Kier molecular flexibility index (Phi) is 3.97. The first kappa shape index (κ1) is 10.8. The van der Waals surface area contributed by atoms with Crippen molar-refractivity contribution in [2.45, 2.75) is 4.90 Å². The zero-order chi connectivity index (χ0) is 9.84. The highest BCUT2D eigenvalue weighted by atomic mass is 35.5. The molecule has 0 saturated heterocycles. The molecule has 1 unspecified atom stereocenters.